The van der Waals surface area contributed by atoms with Crippen LogP contribution in [-0.4, -0.2) is 20.9 Å². The Morgan fingerprint density at radius 3 is 2.00 bits per heavy atom. The third-order valence-corrected chi connectivity index (χ3v) is 7.72. The van der Waals surface area contributed by atoms with Crippen LogP contribution < -0.4 is 9.62 Å². The number of nitrogens with one attached hydrogen (secondary N) is 1. The van der Waals surface area contributed by atoms with Gasteiger partial charge in [-0.15, -0.1) is 0 Å². The quantitative estimate of drug-likeness (QED) is 0.294. The number of amides is 1. The molecule has 0 heterocycles. The Hall–Kier alpha value is -4.11. The highest BCUT2D eigenvalue weighted by Gasteiger charge is 2.33. The third-order valence-electron chi connectivity index (χ3n) is 5.93. The SMILES string of the molecule is Cc1ccc([C@H](NC(=O)CN(c2cccc(C(F)(F)F)c2)S(=O)(=O)c2ccccc2)c2ccccc2)cc1. The maximum atomic E-state index is 13.6. The molecule has 0 saturated heterocycles. The number of halogens is 3. The van der Waals surface area contributed by atoms with Crippen LogP contribution in [0.1, 0.15) is 28.3 Å². The first-order valence-corrected chi connectivity index (χ1v) is 13.2. The van der Waals surface area contributed by atoms with E-state index in [-0.39, 0.29) is 10.6 Å². The molecule has 38 heavy (non-hydrogen) atoms. The summed E-state index contributed by atoms with van der Waals surface area (Å²) < 4.78 is 68.1. The standard InChI is InChI=1S/C29H25F3N2O3S/c1-21-15-17-23(18-16-21)28(22-9-4-2-5-10-22)33-27(35)20-34(38(36,37)26-13-6-3-7-14-26)25-12-8-11-24(19-25)29(30,31)32/h2-19,28H,20H2,1H3,(H,33,35)/t28-/m1/s1. The van der Waals surface area contributed by atoms with E-state index in [4.69, 9.17) is 0 Å². The van der Waals surface area contributed by atoms with Crippen LogP contribution in [0.4, 0.5) is 18.9 Å². The van der Waals surface area contributed by atoms with Gasteiger partial charge in [-0.2, -0.15) is 13.2 Å². The van der Waals surface area contributed by atoms with E-state index >= 15 is 0 Å². The largest absolute Gasteiger partial charge is 0.416 e. The second kappa shape index (κ2) is 11.1. The molecule has 0 aliphatic heterocycles. The maximum Gasteiger partial charge on any atom is 0.416 e. The first kappa shape index (κ1) is 26.9. The molecule has 0 fully saturated rings. The van der Waals surface area contributed by atoms with E-state index in [9.17, 15) is 26.4 Å². The molecule has 4 aromatic rings. The molecule has 1 N–H and O–H groups in total. The lowest BCUT2D eigenvalue weighted by Crippen LogP contribution is -2.42. The molecule has 0 bridgehead atoms. The second-order valence-electron chi connectivity index (χ2n) is 8.69. The fourth-order valence-electron chi connectivity index (χ4n) is 3.97. The Balaban J connectivity index is 1.72. The Morgan fingerprint density at radius 1 is 0.816 bits per heavy atom. The molecule has 1 amide bonds. The third kappa shape index (κ3) is 6.23. The summed E-state index contributed by atoms with van der Waals surface area (Å²) in [6.07, 6.45) is -4.69. The number of sulfonamides is 1. The van der Waals surface area contributed by atoms with E-state index in [2.05, 4.69) is 5.32 Å². The summed E-state index contributed by atoms with van der Waals surface area (Å²) in [6, 6.07) is 27.2. The number of hydrogen-bond donors (Lipinski definition) is 1. The predicted molar refractivity (Wildman–Crippen MR) is 140 cm³/mol. The molecule has 0 spiro atoms. The summed E-state index contributed by atoms with van der Waals surface area (Å²) in [4.78, 5) is 13.2. The van der Waals surface area contributed by atoms with Crippen LogP contribution in [0, 0.1) is 6.92 Å². The predicted octanol–water partition coefficient (Wildman–Crippen LogP) is 6.11. The van der Waals surface area contributed by atoms with E-state index in [1.807, 2.05) is 61.5 Å². The van der Waals surface area contributed by atoms with Gasteiger partial charge in [0.05, 0.1) is 22.2 Å². The lowest BCUT2D eigenvalue weighted by Gasteiger charge is -2.26. The van der Waals surface area contributed by atoms with Crippen molar-refractivity contribution in [3.8, 4) is 0 Å². The highest BCUT2D eigenvalue weighted by atomic mass is 32.2. The number of nitrogens with zero attached hydrogens (tertiary/aromatic N) is 1. The topological polar surface area (TPSA) is 66.5 Å². The monoisotopic (exact) mass is 538 g/mol. The number of carbonyl (C=O) groups is 1. The van der Waals surface area contributed by atoms with E-state index in [1.165, 1.54) is 30.3 Å². The smallest absolute Gasteiger partial charge is 0.344 e. The summed E-state index contributed by atoms with van der Waals surface area (Å²) >= 11 is 0. The fourth-order valence-corrected chi connectivity index (χ4v) is 5.41. The molecule has 0 aromatic heterocycles. The van der Waals surface area contributed by atoms with Crippen molar-refractivity contribution in [2.24, 2.45) is 0 Å². The van der Waals surface area contributed by atoms with Crippen molar-refractivity contribution in [1.29, 1.82) is 0 Å². The molecule has 1 atom stereocenters. The molecular formula is C29H25F3N2O3S. The fraction of sp³-hybridized carbons (Fsp3) is 0.138. The number of benzene rings is 4. The van der Waals surface area contributed by atoms with Crippen molar-refractivity contribution < 1.29 is 26.4 Å². The van der Waals surface area contributed by atoms with Gasteiger partial charge in [0.25, 0.3) is 10.0 Å². The van der Waals surface area contributed by atoms with Gasteiger partial charge in [-0.05, 0) is 48.4 Å². The van der Waals surface area contributed by atoms with Crippen LogP contribution in [0.25, 0.3) is 0 Å². The molecule has 4 rings (SSSR count). The van der Waals surface area contributed by atoms with Crippen molar-refractivity contribution in [3.63, 3.8) is 0 Å². The zero-order valence-electron chi connectivity index (χ0n) is 20.4. The highest BCUT2D eigenvalue weighted by Crippen LogP contribution is 2.33. The van der Waals surface area contributed by atoms with Gasteiger partial charge in [-0.1, -0.05) is 84.4 Å². The second-order valence-corrected chi connectivity index (χ2v) is 10.6. The van der Waals surface area contributed by atoms with Crippen molar-refractivity contribution in [1.82, 2.24) is 5.32 Å². The average molecular weight is 539 g/mol. The maximum absolute atomic E-state index is 13.6. The van der Waals surface area contributed by atoms with Crippen molar-refractivity contribution in [2.45, 2.75) is 24.0 Å². The van der Waals surface area contributed by atoms with Crippen LogP contribution in [0.15, 0.2) is 114 Å². The van der Waals surface area contributed by atoms with Crippen LogP contribution in [0.2, 0.25) is 0 Å². The van der Waals surface area contributed by atoms with Gasteiger partial charge >= 0.3 is 6.18 Å². The Bertz CT molecular complexity index is 1490. The number of carbonyl (C=O) groups excluding carboxylic acids is 1. The first-order valence-electron chi connectivity index (χ1n) is 11.7. The van der Waals surface area contributed by atoms with Crippen LogP contribution in [0.5, 0.6) is 0 Å². The molecule has 0 saturated carbocycles. The van der Waals surface area contributed by atoms with E-state index in [1.54, 1.807) is 6.07 Å². The highest BCUT2D eigenvalue weighted by molar-refractivity contribution is 7.92. The summed E-state index contributed by atoms with van der Waals surface area (Å²) in [5, 5.41) is 2.87. The molecule has 0 aliphatic carbocycles. The summed E-state index contributed by atoms with van der Waals surface area (Å²) in [5.74, 6) is -0.684. The average Bonchev–Trinajstić information content (AvgIpc) is 2.91. The molecule has 5 nitrogen and oxygen atoms in total. The van der Waals surface area contributed by atoms with Gasteiger partial charge < -0.3 is 5.32 Å². The summed E-state index contributed by atoms with van der Waals surface area (Å²) in [6.45, 7) is 1.20. The Morgan fingerprint density at radius 2 is 1.39 bits per heavy atom. The molecule has 0 aliphatic rings. The number of alkyl halides is 3. The number of anilines is 1. The molecule has 196 valence electrons. The van der Waals surface area contributed by atoms with Crippen molar-refractivity contribution in [2.75, 3.05) is 10.8 Å². The van der Waals surface area contributed by atoms with Gasteiger partial charge in [-0.25, -0.2) is 8.42 Å². The normalized spacial score (nSPS) is 12.5. The summed E-state index contributed by atoms with van der Waals surface area (Å²) in [7, 11) is -4.38. The van der Waals surface area contributed by atoms with E-state index in [0.29, 0.717) is 4.31 Å². The Labute approximate surface area is 219 Å². The van der Waals surface area contributed by atoms with Crippen LogP contribution in [-0.2, 0) is 21.0 Å². The van der Waals surface area contributed by atoms with Gasteiger partial charge in [0, 0.05) is 0 Å². The van der Waals surface area contributed by atoms with Gasteiger partial charge in [0.15, 0.2) is 0 Å². The van der Waals surface area contributed by atoms with Gasteiger partial charge in [0.2, 0.25) is 5.91 Å². The molecule has 0 unspecified atom stereocenters. The summed E-state index contributed by atoms with van der Waals surface area (Å²) in [5.41, 5.74) is 1.26. The van der Waals surface area contributed by atoms with Crippen molar-refractivity contribution >= 4 is 21.6 Å². The van der Waals surface area contributed by atoms with E-state index in [0.717, 1.165) is 34.9 Å². The molecule has 4 aromatic carbocycles. The van der Waals surface area contributed by atoms with Gasteiger partial charge in [0.1, 0.15) is 6.54 Å². The van der Waals surface area contributed by atoms with Crippen molar-refractivity contribution in [3.05, 3.63) is 131 Å². The lowest BCUT2D eigenvalue weighted by atomic mass is 9.98. The first-order chi connectivity index (χ1) is 18.1. The molecule has 0 radical (unpaired) electrons. The lowest BCUT2D eigenvalue weighted by molar-refractivity contribution is -0.137. The van der Waals surface area contributed by atoms with E-state index < -0.39 is 40.3 Å². The minimum Gasteiger partial charge on any atom is -0.344 e. The number of rotatable bonds is 8. The molecule has 9 heteroatoms. The van der Waals surface area contributed by atoms with Crippen LogP contribution >= 0.6 is 0 Å². The minimum absolute atomic E-state index is 0.150. The van der Waals surface area contributed by atoms with Crippen LogP contribution in [0.3, 0.4) is 0 Å². The zero-order chi connectivity index (χ0) is 27.3. The number of aryl methyl sites for hydroxylation is 1. The number of hydrogen-bond acceptors (Lipinski definition) is 3. The zero-order valence-corrected chi connectivity index (χ0v) is 21.2. The Kier molecular flexibility index (Phi) is 7.87. The minimum atomic E-state index is -4.69. The molecular weight excluding hydrogens is 513 g/mol. The van der Waals surface area contributed by atoms with Gasteiger partial charge in [-0.3, -0.25) is 9.10 Å².